The number of rotatable bonds is 6. The summed E-state index contributed by atoms with van der Waals surface area (Å²) in [6.07, 6.45) is -3.15. The van der Waals surface area contributed by atoms with E-state index in [4.69, 9.17) is 0 Å². The van der Waals surface area contributed by atoms with Crippen molar-refractivity contribution in [3.05, 3.63) is 35.1 Å². The fourth-order valence-corrected chi connectivity index (χ4v) is 1.27. The number of halogens is 5. The Morgan fingerprint density at radius 3 is 2.22 bits per heavy atom. The Hall–Kier alpha value is -1.50. The number of carbonyl (C=O) groups is 1. The number of benzene rings is 1. The monoisotopic (exact) mass is 268 g/mol. The Labute approximate surface area is 99.4 Å². The maximum absolute atomic E-state index is 13.1. The van der Waals surface area contributed by atoms with Crippen molar-refractivity contribution in [2.75, 3.05) is 13.2 Å². The SMILES string of the molecule is O=C(CCOCC(F)F)c1c(F)cc(F)cc1F. The molecule has 18 heavy (non-hydrogen) atoms. The van der Waals surface area contributed by atoms with Crippen LogP contribution in [0.2, 0.25) is 0 Å². The van der Waals surface area contributed by atoms with Crippen LogP contribution in [0.4, 0.5) is 22.0 Å². The molecule has 0 aliphatic rings. The van der Waals surface area contributed by atoms with Crippen LogP contribution < -0.4 is 0 Å². The maximum Gasteiger partial charge on any atom is 0.261 e. The number of Topliss-reactive ketones (excluding diaryl/α,β-unsaturated/α-hetero) is 1. The summed E-state index contributed by atoms with van der Waals surface area (Å²) in [5.41, 5.74) is -0.892. The van der Waals surface area contributed by atoms with E-state index in [-0.39, 0.29) is 6.61 Å². The van der Waals surface area contributed by atoms with Gasteiger partial charge in [-0.2, -0.15) is 0 Å². The van der Waals surface area contributed by atoms with Gasteiger partial charge in [-0.3, -0.25) is 4.79 Å². The van der Waals surface area contributed by atoms with Gasteiger partial charge in [0.2, 0.25) is 0 Å². The fourth-order valence-electron chi connectivity index (χ4n) is 1.27. The molecule has 100 valence electrons. The van der Waals surface area contributed by atoms with Crippen LogP contribution in [0.25, 0.3) is 0 Å². The van der Waals surface area contributed by atoms with Gasteiger partial charge in [0.25, 0.3) is 6.43 Å². The highest BCUT2D eigenvalue weighted by atomic mass is 19.3. The summed E-state index contributed by atoms with van der Waals surface area (Å²) in [6, 6.07) is 0.743. The van der Waals surface area contributed by atoms with E-state index in [2.05, 4.69) is 4.74 Å². The summed E-state index contributed by atoms with van der Waals surface area (Å²) in [6.45, 7) is -1.25. The number of ether oxygens (including phenoxy) is 1. The van der Waals surface area contributed by atoms with Gasteiger partial charge in [0, 0.05) is 18.6 Å². The van der Waals surface area contributed by atoms with Crippen molar-refractivity contribution in [3.63, 3.8) is 0 Å². The van der Waals surface area contributed by atoms with Gasteiger partial charge in [-0.1, -0.05) is 0 Å². The van der Waals surface area contributed by atoms with E-state index >= 15 is 0 Å². The molecule has 0 saturated carbocycles. The van der Waals surface area contributed by atoms with E-state index < -0.39 is 48.3 Å². The van der Waals surface area contributed by atoms with Crippen molar-refractivity contribution >= 4 is 5.78 Å². The number of carbonyl (C=O) groups excluding carboxylic acids is 1. The second-order valence-electron chi connectivity index (χ2n) is 3.38. The first-order chi connectivity index (χ1) is 8.41. The van der Waals surface area contributed by atoms with Gasteiger partial charge < -0.3 is 4.74 Å². The number of alkyl halides is 2. The summed E-state index contributed by atoms with van der Waals surface area (Å²) in [7, 11) is 0. The molecule has 0 aliphatic heterocycles. The predicted octanol–water partition coefficient (Wildman–Crippen LogP) is 2.96. The van der Waals surface area contributed by atoms with Gasteiger partial charge in [0.15, 0.2) is 5.78 Å². The molecule has 0 aliphatic carbocycles. The second-order valence-corrected chi connectivity index (χ2v) is 3.38. The molecule has 7 heteroatoms. The third kappa shape index (κ3) is 4.06. The molecule has 0 fully saturated rings. The predicted molar refractivity (Wildman–Crippen MR) is 52.1 cm³/mol. The molecule has 0 saturated heterocycles. The van der Waals surface area contributed by atoms with Crippen LogP contribution in [-0.4, -0.2) is 25.4 Å². The molecule has 0 bridgehead atoms. The highest BCUT2D eigenvalue weighted by Gasteiger charge is 2.18. The standard InChI is InChI=1S/C11H9F5O2/c12-6-3-7(13)11(8(14)4-6)9(17)1-2-18-5-10(15)16/h3-4,10H,1-2,5H2. The largest absolute Gasteiger partial charge is 0.375 e. The summed E-state index contributed by atoms with van der Waals surface area (Å²) < 4.78 is 66.6. The molecule has 0 spiro atoms. The first-order valence-corrected chi connectivity index (χ1v) is 4.95. The minimum absolute atomic E-state index is 0.371. The molecule has 0 unspecified atom stereocenters. The topological polar surface area (TPSA) is 26.3 Å². The summed E-state index contributed by atoms with van der Waals surface area (Å²) in [4.78, 5) is 11.4. The molecule has 0 heterocycles. The molecule has 1 aromatic rings. The Morgan fingerprint density at radius 1 is 1.17 bits per heavy atom. The quantitative estimate of drug-likeness (QED) is 0.450. The molecule has 1 rings (SSSR count). The third-order valence-corrected chi connectivity index (χ3v) is 2.00. The van der Waals surface area contributed by atoms with Gasteiger partial charge in [0.05, 0.1) is 12.2 Å². The molecular formula is C11H9F5O2. The summed E-state index contributed by atoms with van der Waals surface area (Å²) in [5, 5.41) is 0. The van der Waals surface area contributed by atoms with Gasteiger partial charge >= 0.3 is 0 Å². The summed E-state index contributed by atoms with van der Waals surface area (Å²) in [5.74, 6) is -4.77. The lowest BCUT2D eigenvalue weighted by Crippen LogP contribution is -2.12. The Balaban J connectivity index is 2.62. The van der Waals surface area contributed by atoms with E-state index in [1.807, 2.05) is 0 Å². The Bertz CT molecular complexity index is 410. The smallest absolute Gasteiger partial charge is 0.261 e. The van der Waals surface area contributed by atoms with Gasteiger partial charge in [-0.25, -0.2) is 22.0 Å². The van der Waals surface area contributed by atoms with Gasteiger partial charge in [-0.15, -0.1) is 0 Å². The first kappa shape index (κ1) is 14.6. The zero-order valence-electron chi connectivity index (χ0n) is 9.06. The van der Waals surface area contributed by atoms with E-state index in [9.17, 15) is 26.7 Å². The number of hydrogen-bond acceptors (Lipinski definition) is 2. The van der Waals surface area contributed by atoms with Crippen LogP contribution >= 0.6 is 0 Å². The van der Waals surface area contributed by atoms with E-state index in [0.29, 0.717) is 12.1 Å². The van der Waals surface area contributed by atoms with E-state index in [1.165, 1.54) is 0 Å². The minimum atomic E-state index is -2.68. The zero-order valence-corrected chi connectivity index (χ0v) is 9.06. The molecule has 0 amide bonds. The lowest BCUT2D eigenvalue weighted by atomic mass is 10.1. The van der Waals surface area contributed by atoms with Crippen molar-refractivity contribution in [2.24, 2.45) is 0 Å². The average molecular weight is 268 g/mol. The number of hydrogen-bond donors (Lipinski definition) is 0. The summed E-state index contributed by atoms with van der Waals surface area (Å²) >= 11 is 0. The fraction of sp³-hybridized carbons (Fsp3) is 0.364. The van der Waals surface area contributed by atoms with Crippen molar-refractivity contribution in [2.45, 2.75) is 12.8 Å². The Kier molecular flexibility index (Phi) is 5.21. The van der Waals surface area contributed by atoms with Crippen LogP contribution in [0, 0.1) is 17.5 Å². The number of ketones is 1. The van der Waals surface area contributed by atoms with Crippen LogP contribution in [0.1, 0.15) is 16.8 Å². The third-order valence-electron chi connectivity index (χ3n) is 2.00. The van der Waals surface area contributed by atoms with Crippen LogP contribution in [-0.2, 0) is 4.74 Å². The van der Waals surface area contributed by atoms with E-state index in [0.717, 1.165) is 0 Å². The molecule has 0 N–H and O–H groups in total. The first-order valence-electron chi connectivity index (χ1n) is 4.95. The van der Waals surface area contributed by atoms with Crippen LogP contribution in [0.5, 0.6) is 0 Å². The van der Waals surface area contributed by atoms with Gasteiger partial charge in [-0.05, 0) is 0 Å². The molecule has 0 aromatic heterocycles. The van der Waals surface area contributed by atoms with Crippen molar-refractivity contribution in [3.8, 4) is 0 Å². The van der Waals surface area contributed by atoms with Crippen molar-refractivity contribution in [1.29, 1.82) is 0 Å². The second kappa shape index (κ2) is 6.44. The van der Waals surface area contributed by atoms with Crippen molar-refractivity contribution in [1.82, 2.24) is 0 Å². The zero-order chi connectivity index (χ0) is 13.7. The normalized spacial score (nSPS) is 11.0. The van der Waals surface area contributed by atoms with Crippen LogP contribution in [0.15, 0.2) is 12.1 Å². The molecule has 2 nitrogen and oxygen atoms in total. The molecule has 0 atom stereocenters. The average Bonchev–Trinajstić information content (AvgIpc) is 2.22. The highest BCUT2D eigenvalue weighted by molar-refractivity contribution is 5.96. The van der Waals surface area contributed by atoms with E-state index in [1.54, 1.807) is 0 Å². The lowest BCUT2D eigenvalue weighted by molar-refractivity contribution is 0.0169. The minimum Gasteiger partial charge on any atom is -0.375 e. The van der Waals surface area contributed by atoms with Crippen molar-refractivity contribution < 1.29 is 31.5 Å². The maximum atomic E-state index is 13.1. The molecular weight excluding hydrogens is 259 g/mol. The van der Waals surface area contributed by atoms with Gasteiger partial charge in [0.1, 0.15) is 24.1 Å². The lowest BCUT2D eigenvalue weighted by Gasteiger charge is -2.05. The molecule has 1 aromatic carbocycles. The highest BCUT2D eigenvalue weighted by Crippen LogP contribution is 2.16. The Morgan fingerprint density at radius 2 is 1.72 bits per heavy atom. The molecule has 0 radical (unpaired) electrons. The van der Waals surface area contributed by atoms with Crippen LogP contribution in [0.3, 0.4) is 0 Å².